The van der Waals surface area contributed by atoms with E-state index in [2.05, 4.69) is 10.0 Å². The molecule has 3 N–H and O–H groups in total. The number of nitrogens with zero attached hydrogens (tertiary/aromatic N) is 1. The van der Waals surface area contributed by atoms with Gasteiger partial charge >= 0.3 is 12.0 Å². The Morgan fingerprint density at radius 1 is 1.50 bits per heavy atom. The van der Waals surface area contributed by atoms with Crippen molar-refractivity contribution in [3.8, 4) is 0 Å². The Balaban J connectivity index is 2.44. The van der Waals surface area contributed by atoms with Crippen LogP contribution in [0.4, 0.5) is 4.79 Å². The van der Waals surface area contributed by atoms with Crippen molar-refractivity contribution >= 4 is 33.8 Å². The van der Waals surface area contributed by atoms with Crippen LogP contribution in [-0.4, -0.2) is 67.4 Å². The number of carbonyl (C=O) groups excluding carboxylic acids is 1. The zero-order chi connectivity index (χ0) is 13.8. The topological polar surface area (TPSA) is 116 Å². The zero-order valence-electron chi connectivity index (χ0n) is 9.75. The monoisotopic (exact) mass is 297 g/mol. The van der Waals surface area contributed by atoms with Crippen LogP contribution in [0.5, 0.6) is 0 Å². The molecule has 1 fully saturated rings. The number of sulfonamides is 1. The van der Waals surface area contributed by atoms with Gasteiger partial charge in [-0.25, -0.2) is 22.7 Å². The van der Waals surface area contributed by atoms with E-state index in [0.29, 0.717) is 11.6 Å². The Kier molecular flexibility index (Phi) is 5.23. The molecule has 0 aliphatic carbocycles. The van der Waals surface area contributed by atoms with Crippen LogP contribution in [-0.2, 0) is 14.8 Å². The number of hydrogen-bond donors (Lipinski definition) is 3. The van der Waals surface area contributed by atoms with Gasteiger partial charge in [0.2, 0.25) is 10.0 Å². The van der Waals surface area contributed by atoms with Gasteiger partial charge in [0.15, 0.2) is 0 Å². The van der Waals surface area contributed by atoms with Crippen molar-refractivity contribution in [2.75, 3.05) is 31.0 Å². The summed E-state index contributed by atoms with van der Waals surface area (Å²) in [6.07, 6.45) is 0. The second kappa shape index (κ2) is 6.25. The second-order valence-electron chi connectivity index (χ2n) is 3.58. The first-order valence-electron chi connectivity index (χ1n) is 5.13. The molecule has 1 unspecified atom stereocenters. The maximum absolute atomic E-state index is 11.7. The molecule has 1 heterocycles. The first-order chi connectivity index (χ1) is 8.37. The van der Waals surface area contributed by atoms with E-state index in [1.165, 1.54) is 23.7 Å². The lowest BCUT2D eigenvalue weighted by Gasteiger charge is -2.20. The quantitative estimate of drug-likeness (QED) is 0.581. The van der Waals surface area contributed by atoms with Crippen LogP contribution in [0, 0.1) is 0 Å². The van der Waals surface area contributed by atoms with E-state index < -0.39 is 28.1 Å². The van der Waals surface area contributed by atoms with Gasteiger partial charge in [-0.05, 0) is 7.05 Å². The highest BCUT2D eigenvalue weighted by molar-refractivity contribution is 7.99. The Bertz CT molecular complexity index is 424. The number of thioether (sulfide) groups is 1. The third-order valence-corrected chi connectivity index (χ3v) is 4.76. The Morgan fingerprint density at radius 2 is 2.17 bits per heavy atom. The largest absolute Gasteiger partial charge is 0.480 e. The number of aliphatic carboxylic acids is 1. The average molecular weight is 297 g/mol. The summed E-state index contributed by atoms with van der Waals surface area (Å²) in [5.74, 6) is -0.661. The molecule has 18 heavy (non-hydrogen) atoms. The number of rotatable bonds is 5. The molecule has 0 spiro atoms. The van der Waals surface area contributed by atoms with Gasteiger partial charge in [0.05, 0.1) is 11.6 Å². The molecule has 0 bridgehead atoms. The Hall–Kier alpha value is -1.00. The number of urea groups is 1. The maximum Gasteiger partial charge on any atom is 0.327 e. The normalized spacial score (nSPS) is 19.8. The summed E-state index contributed by atoms with van der Waals surface area (Å²) >= 11 is 1.34. The minimum absolute atomic E-state index is 0.0600. The summed E-state index contributed by atoms with van der Waals surface area (Å²) in [6.45, 7) is -0.0600. The van der Waals surface area contributed by atoms with E-state index in [1.807, 2.05) is 0 Å². The van der Waals surface area contributed by atoms with E-state index >= 15 is 0 Å². The Labute approximate surface area is 109 Å². The lowest BCUT2D eigenvalue weighted by molar-refractivity contribution is -0.140. The third kappa shape index (κ3) is 4.03. The van der Waals surface area contributed by atoms with Gasteiger partial charge in [-0.15, -0.1) is 11.8 Å². The molecule has 0 aromatic carbocycles. The van der Waals surface area contributed by atoms with Crippen LogP contribution in [0.1, 0.15) is 0 Å². The number of nitrogens with one attached hydrogen (secondary N) is 2. The van der Waals surface area contributed by atoms with Crippen LogP contribution in [0.2, 0.25) is 0 Å². The Morgan fingerprint density at radius 3 is 2.72 bits per heavy atom. The third-order valence-electron chi connectivity index (χ3n) is 2.39. The van der Waals surface area contributed by atoms with Crippen molar-refractivity contribution in [3.05, 3.63) is 0 Å². The molecule has 1 rings (SSSR count). The highest BCUT2D eigenvalue weighted by atomic mass is 32.2. The first kappa shape index (κ1) is 15.1. The molecule has 0 aromatic rings. The number of hydrogen-bond acceptors (Lipinski definition) is 5. The van der Waals surface area contributed by atoms with Gasteiger partial charge in [0.25, 0.3) is 0 Å². The van der Waals surface area contributed by atoms with Gasteiger partial charge in [-0.2, -0.15) is 0 Å². The van der Waals surface area contributed by atoms with E-state index in [1.54, 1.807) is 0 Å². The summed E-state index contributed by atoms with van der Waals surface area (Å²) in [5, 5.41) is 11.3. The van der Waals surface area contributed by atoms with Crippen LogP contribution in [0.3, 0.4) is 0 Å². The molecule has 10 heteroatoms. The minimum atomic E-state index is -3.37. The molecule has 1 atom stereocenters. The van der Waals surface area contributed by atoms with Gasteiger partial charge in [0.1, 0.15) is 6.04 Å². The van der Waals surface area contributed by atoms with E-state index in [4.69, 9.17) is 5.11 Å². The van der Waals surface area contributed by atoms with Crippen molar-refractivity contribution in [1.82, 2.24) is 14.9 Å². The summed E-state index contributed by atoms with van der Waals surface area (Å²) < 4.78 is 24.3. The molecule has 1 aliphatic rings. The smallest absolute Gasteiger partial charge is 0.327 e. The van der Waals surface area contributed by atoms with Crippen LogP contribution < -0.4 is 10.0 Å². The molecular weight excluding hydrogens is 282 g/mol. The average Bonchev–Trinajstić information content (AvgIpc) is 2.77. The number of carboxylic acids is 1. The number of carbonyl (C=O) groups is 2. The van der Waals surface area contributed by atoms with E-state index in [-0.39, 0.29) is 12.3 Å². The molecule has 1 aliphatic heterocycles. The highest BCUT2D eigenvalue weighted by Crippen LogP contribution is 2.20. The number of amides is 2. The summed E-state index contributed by atoms with van der Waals surface area (Å²) in [7, 11) is -2.09. The van der Waals surface area contributed by atoms with Crippen LogP contribution >= 0.6 is 11.8 Å². The zero-order valence-corrected chi connectivity index (χ0v) is 11.4. The van der Waals surface area contributed by atoms with Crippen molar-refractivity contribution in [2.24, 2.45) is 0 Å². The molecule has 0 aromatic heterocycles. The minimum Gasteiger partial charge on any atom is -0.480 e. The fraction of sp³-hybridized carbons (Fsp3) is 0.750. The van der Waals surface area contributed by atoms with Crippen LogP contribution in [0.15, 0.2) is 0 Å². The highest BCUT2D eigenvalue weighted by Gasteiger charge is 2.34. The lowest BCUT2D eigenvalue weighted by Crippen LogP contribution is -2.48. The first-order valence-corrected chi connectivity index (χ1v) is 7.94. The molecule has 1 saturated heterocycles. The fourth-order valence-electron chi connectivity index (χ4n) is 1.34. The molecule has 8 nitrogen and oxygen atoms in total. The van der Waals surface area contributed by atoms with Gasteiger partial charge in [-0.3, -0.25) is 0 Å². The lowest BCUT2D eigenvalue weighted by atomic mass is 10.3. The predicted octanol–water partition coefficient (Wildman–Crippen LogP) is -1.30. The summed E-state index contributed by atoms with van der Waals surface area (Å²) in [6, 6.07) is -1.41. The molecular formula is C8H15N3O5S2. The van der Waals surface area contributed by atoms with E-state index in [9.17, 15) is 18.0 Å². The molecule has 104 valence electrons. The molecule has 0 radical (unpaired) electrons. The standard InChI is InChI=1S/C8H15N3O5S2/c1-9-18(15,16)3-2-10-8(14)11-5-17-4-6(11)7(12)13/h6,9H,2-5H2,1H3,(H,10,14)(H,12,13). The van der Waals surface area contributed by atoms with Crippen molar-refractivity contribution in [3.63, 3.8) is 0 Å². The van der Waals surface area contributed by atoms with Crippen molar-refractivity contribution < 1.29 is 23.1 Å². The van der Waals surface area contributed by atoms with Crippen molar-refractivity contribution in [2.45, 2.75) is 6.04 Å². The summed E-state index contributed by atoms with van der Waals surface area (Å²) in [4.78, 5) is 23.7. The fourth-order valence-corrected chi connectivity index (χ4v) is 3.06. The molecule has 0 saturated carbocycles. The second-order valence-corrected chi connectivity index (χ2v) is 6.62. The summed E-state index contributed by atoms with van der Waals surface area (Å²) in [5.41, 5.74) is 0. The molecule has 2 amide bonds. The number of carboxylic acid groups (broad SMARTS) is 1. The van der Waals surface area contributed by atoms with Crippen LogP contribution in [0.25, 0.3) is 0 Å². The van der Waals surface area contributed by atoms with Gasteiger partial charge in [-0.1, -0.05) is 0 Å². The van der Waals surface area contributed by atoms with E-state index in [0.717, 1.165) is 0 Å². The van der Waals surface area contributed by atoms with Gasteiger partial charge < -0.3 is 15.3 Å². The van der Waals surface area contributed by atoms with Crippen molar-refractivity contribution in [1.29, 1.82) is 0 Å². The SMILES string of the molecule is CNS(=O)(=O)CCNC(=O)N1CSCC1C(=O)O. The predicted molar refractivity (Wildman–Crippen MR) is 66.8 cm³/mol. The maximum atomic E-state index is 11.7. The van der Waals surface area contributed by atoms with Gasteiger partial charge in [0, 0.05) is 12.3 Å².